The highest BCUT2D eigenvalue weighted by atomic mass is 35.5. The zero-order valence-corrected chi connectivity index (χ0v) is 14.9. The summed E-state index contributed by atoms with van der Waals surface area (Å²) >= 11 is 1.62. The van der Waals surface area contributed by atoms with Gasteiger partial charge in [0.15, 0.2) is 0 Å². The first kappa shape index (κ1) is 17.7. The molecule has 0 saturated carbocycles. The lowest BCUT2D eigenvalue weighted by molar-refractivity contribution is 0.0742. The molecular formula is C16H21ClN4OS. The Kier molecular flexibility index (Phi) is 5.96. The van der Waals surface area contributed by atoms with Crippen LogP contribution in [0.2, 0.25) is 0 Å². The zero-order valence-electron chi connectivity index (χ0n) is 13.3. The number of aromatic nitrogens is 2. The smallest absolute Gasteiger partial charge is 0.255 e. The fourth-order valence-corrected chi connectivity index (χ4v) is 3.35. The number of carbonyl (C=O) groups is 1. The normalized spacial score (nSPS) is 14.5. The zero-order chi connectivity index (χ0) is 15.5. The van der Waals surface area contributed by atoms with E-state index in [1.54, 1.807) is 11.8 Å². The molecule has 124 valence electrons. The van der Waals surface area contributed by atoms with E-state index in [0.29, 0.717) is 0 Å². The van der Waals surface area contributed by atoms with Crippen molar-refractivity contribution in [3.05, 3.63) is 42.2 Å². The van der Waals surface area contributed by atoms with E-state index in [1.807, 2.05) is 59.4 Å². The molecule has 1 saturated heterocycles. The van der Waals surface area contributed by atoms with Crippen LogP contribution in [0, 0.1) is 0 Å². The van der Waals surface area contributed by atoms with Gasteiger partial charge >= 0.3 is 0 Å². The number of nitrogens with zero attached hydrogens (tertiary/aromatic N) is 4. The van der Waals surface area contributed by atoms with Crippen molar-refractivity contribution in [3.8, 4) is 0 Å². The summed E-state index contributed by atoms with van der Waals surface area (Å²) in [5.41, 5.74) is 0.806. The molecule has 7 heteroatoms. The number of aryl methyl sites for hydroxylation is 1. The molecule has 1 aromatic carbocycles. The van der Waals surface area contributed by atoms with Crippen molar-refractivity contribution in [2.75, 3.05) is 37.3 Å². The molecule has 2 aromatic rings. The molecular weight excluding hydrogens is 332 g/mol. The van der Waals surface area contributed by atoms with E-state index in [0.717, 1.165) is 42.6 Å². The van der Waals surface area contributed by atoms with Crippen LogP contribution in [0.25, 0.3) is 0 Å². The summed E-state index contributed by atoms with van der Waals surface area (Å²) in [6, 6.07) is 7.82. The van der Waals surface area contributed by atoms with Crippen LogP contribution in [0.4, 0.5) is 5.95 Å². The number of rotatable bonds is 3. The van der Waals surface area contributed by atoms with Gasteiger partial charge in [-0.15, -0.1) is 24.2 Å². The molecule has 2 heterocycles. The maximum atomic E-state index is 12.7. The first-order valence-electron chi connectivity index (χ1n) is 7.35. The maximum Gasteiger partial charge on any atom is 0.255 e. The Balaban J connectivity index is 0.00000192. The molecule has 0 N–H and O–H groups in total. The van der Waals surface area contributed by atoms with Gasteiger partial charge in [-0.1, -0.05) is 12.1 Å². The Labute approximate surface area is 147 Å². The fraction of sp³-hybridized carbons (Fsp3) is 0.375. The molecule has 1 aliphatic rings. The van der Waals surface area contributed by atoms with Crippen LogP contribution in [0.5, 0.6) is 0 Å². The Bertz CT molecular complexity index is 668. The molecule has 1 aliphatic heterocycles. The third kappa shape index (κ3) is 3.64. The molecule has 0 bridgehead atoms. The third-order valence-electron chi connectivity index (χ3n) is 3.98. The highest BCUT2D eigenvalue weighted by Gasteiger charge is 2.24. The van der Waals surface area contributed by atoms with Crippen molar-refractivity contribution in [3.63, 3.8) is 0 Å². The number of piperazine rings is 1. The molecule has 3 rings (SSSR count). The van der Waals surface area contributed by atoms with E-state index in [2.05, 4.69) is 9.88 Å². The maximum absolute atomic E-state index is 12.7. The van der Waals surface area contributed by atoms with Crippen LogP contribution in [0.3, 0.4) is 0 Å². The molecule has 1 amide bonds. The number of amides is 1. The summed E-state index contributed by atoms with van der Waals surface area (Å²) in [4.78, 5) is 22.3. The SMILES string of the molecule is CSc1ccccc1C(=O)N1CCN(c2nccn2C)CC1.Cl. The van der Waals surface area contributed by atoms with Gasteiger partial charge in [0.2, 0.25) is 5.95 Å². The van der Waals surface area contributed by atoms with Crippen LogP contribution < -0.4 is 4.90 Å². The molecule has 1 fully saturated rings. The highest BCUT2D eigenvalue weighted by molar-refractivity contribution is 7.98. The minimum atomic E-state index is 0. The predicted molar refractivity (Wildman–Crippen MR) is 96.8 cm³/mol. The van der Waals surface area contributed by atoms with Gasteiger partial charge in [-0.3, -0.25) is 4.79 Å². The van der Waals surface area contributed by atoms with Gasteiger partial charge in [-0.05, 0) is 18.4 Å². The molecule has 0 aliphatic carbocycles. The second-order valence-electron chi connectivity index (χ2n) is 5.32. The van der Waals surface area contributed by atoms with E-state index in [4.69, 9.17) is 0 Å². The molecule has 0 unspecified atom stereocenters. The van der Waals surface area contributed by atoms with Crippen LogP contribution >= 0.6 is 24.2 Å². The van der Waals surface area contributed by atoms with E-state index in [9.17, 15) is 4.79 Å². The van der Waals surface area contributed by atoms with E-state index >= 15 is 0 Å². The van der Waals surface area contributed by atoms with Crippen molar-refractivity contribution in [2.45, 2.75) is 4.90 Å². The second kappa shape index (κ2) is 7.75. The summed E-state index contributed by atoms with van der Waals surface area (Å²) in [5.74, 6) is 1.10. The second-order valence-corrected chi connectivity index (χ2v) is 6.17. The number of carbonyl (C=O) groups excluding carboxylic acids is 1. The van der Waals surface area contributed by atoms with Gasteiger partial charge in [-0.25, -0.2) is 4.98 Å². The van der Waals surface area contributed by atoms with Gasteiger partial charge in [-0.2, -0.15) is 0 Å². The summed E-state index contributed by atoms with van der Waals surface area (Å²) in [5, 5.41) is 0. The monoisotopic (exact) mass is 352 g/mol. The number of halogens is 1. The number of imidazole rings is 1. The van der Waals surface area contributed by atoms with Crippen molar-refractivity contribution < 1.29 is 4.79 Å². The molecule has 23 heavy (non-hydrogen) atoms. The standard InChI is InChI=1S/C16H20N4OS.ClH/c1-18-8-7-17-16(18)20-11-9-19(10-12-20)15(21)13-5-3-4-6-14(13)22-2;/h3-8H,9-12H2,1-2H3;1H. The molecule has 0 atom stereocenters. The summed E-state index contributed by atoms with van der Waals surface area (Å²) < 4.78 is 2.01. The van der Waals surface area contributed by atoms with E-state index in [1.165, 1.54) is 0 Å². The number of hydrogen-bond donors (Lipinski definition) is 0. The molecule has 1 aromatic heterocycles. The first-order valence-corrected chi connectivity index (χ1v) is 8.57. The Hall–Kier alpha value is -1.66. The molecule has 5 nitrogen and oxygen atoms in total. The molecule has 0 radical (unpaired) electrons. The average molecular weight is 353 g/mol. The van der Waals surface area contributed by atoms with E-state index in [-0.39, 0.29) is 18.3 Å². The Morgan fingerprint density at radius 3 is 2.48 bits per heavy atom. The fourth-order valence-electron chi connectivity index (χ4n) is 2.76. The van der Waals surface area contributed by atoms with Gasteiger partial charge in [0.05, 0.1) is 5.56 Å². The largest absolute Gasteiger partial charge is 0.339 e. The lowest BCUT2D eigenvalue weighted by Gasteiger charge is -2.35. The lowest BCUT2D eigenvalue weighted by Crippen LogP contribution is -2.49. The van der Waals surface area contributed by atoms with Crippen molar-refractivity contribution >= 4 is 36.0 Å². The minimum Gasteiger partial charge on any atom is -0.339 e. The van der Waals surface area contributed by atoms with Crippen LogP contribution in [-0.4, -0.2) is 52.8 Å². The van der Waals surface area contributed by atoms with Crippen molar-refractivity contribution in [2.24, 2.45) is 7.05 Å². The van der Waals surface area contributed by atoms with E-state index < -0.39 is 0 Å². The predicted octanol–water partition coefficient (Wildman–Crippen LogP) is 2.53. The summed E-state index contributed by atoms with van der Waals surface area (Å²) in [6.07, 6.45) is 5.76. The van der Waals surface area contributed by atoms with Gasteiger partial charge in [0, 0.05) is 50.5 Å². The van der Waals surface area contributed by atoms with Gasteiger partial charge in [0.25, 0.3) is 5.91 Å². The summed E-state index contributed by atoms with van der Waals surface area (Å²) in [7, 11) is 1.99. The number of benzene rings is 1. The third-order valence-corrected chi connectivity index (χ3v) is 4.78. The van der Waals surface area contributed by atoms with Gasteiger partial charge < -0.3 is 14.4 Å². The van der Waals surface area contributed by atoms with Crippen molar-refractivity contribution in [1.29, 1.82) is 0 Å². The Morgan fingerprint density at radius 2 is 1.87 bits per heavy atom. The number of anilines is 1. The summed E-state index contributed by atoms with van der Waals surface area (Å²) in [6.45, 7) is 3.10. The number of hydrogen-bond acceptors (Lipinski definition) is 4. The topological polar surface area (TPSA) is 41.4 Å². The lowest BCUT2D eigenvalue weighted by atomic mass is 10.2. The highest BCUT2D eigenvalue weighted by Crippen LogP contribution is 2.22. The van der Waals surface area contributed by atoms with Crippen LogP contribution in [0.1, 0.15) is 10.4 Å². The van der Waals surface area contributed by atoms with Crippen LogP contribution in [0.15, 0.2) is 41.6 Å². The Morgan fingerprint density at radius 1 is 1.17 bits per heavy atom. The van der Waals surface area contributed by atoms with Crippen LogP contribution in [-0.2, 0) is 7.05 Å². The number of thioether (sulfide) groups is 1. The quantitative estimate of drug-likeness (QED) is 0.796. The average Bonchev–Trinajstić information content (AvgIpc) is 3.00. The minimum absolute atomic E-state index is 0. The van der Waals surface area contributed by atoms with Gasteiger partial charge in [0.1, 0.15) is 0 Å². The van der Waals surface area contributed by atoms with Crippen molar-refractivity contribution in [1.82, 2.24) is 14.5 Å². The molecule has 0 spiro atoms. The first-order chi connectivity index (χ1) is 10.7.